The first-order valence-electron chi connectivity index (χ1n) is 9.59. The zero-order chi connectivity index (χ0) is 22.4. The van der Waals surface area contributed by atoms with Gasteiger partial charge in [0.1, 0.15) is 5.76 Å². The zero-order valence-electron chi connectivity index (χ0n) is 17.2. The predicted octanol–water partition coefficient (Wildman–Crippen LogP) is 1.69. The summed E-state index contributed by atoms with van der Waals surface area (Å²) in [6.07, 6.45) is 1.54. The molecule has 0 aliphatic heterocycles. The molecule has 10 nitrogen and oxygen atoms in total. The fourth-order valence-electron chi connectivity index (χ4n) is 2.86. The second-order valence-corrected chi connectivity index (χ2v) is 9.32. The van der Waals surface area contributed by atoms with Crippen LogP contribution >= 0.6 is 11.8 Å². The minimum atomic E-state index is -3.61. The summed E-state index contributed by atoms with van der Waals surface area (Å²) in [5.74, 6) is 6.94. The number of hydrogen-bond acceptors (Lipinski definition) is 8. The molecule has 0 atom stereocenters. The molecule has 1 amide bonds. The van der Waals surface area contributed by atoms with Gasteiger partial charge in [-0.3, -0.25) is 4.79 Å². The van der Waals surface area contributed by atoms with E-state index in [0.717, 1.165) is 11.8 Å². The molecule has 0 radical (unpaired) electrons. The number of furan rings is 1. The largest absolute Gasteiger partial charge is 0.467 e. The summed E-state index contributed by atoms with van der Waals surface area (Å²) in [4.78, 5) is 12.2. The molecular weight excluding hydrogens is 440 g/mol. The number of carbonyl (C=O) groups excluding carboxylic acids is 1. The fourth-order valence-corrected chi connectivity index (χ4v) is 5.05. The zero-order valence-corrected chi connectivity index (χ0v) is 18.8. The van der Waals surface area contributed by atoms with Crippen molar-refractivity contribution < 1.29 is 17.6 Å². The van der Waals surface area contributed by atoms with E-state index in [1.807, 2.05) is 0 Å². The van der Waals surface area contributed by atoms with Crippen LogP contribution in [0.5, 0.6) is 0 Å². The van der Waals surface area contributed by atoms with E-state index in [-0.39, 0.29) is 16.6 Å². The predicted molar refractivity (Wildman–Crippen MR) is 117 cm³/mol. The van der Waals surface area contributed by atoms with Gasteiger partial charge in [0.05, 0.1) is 23.5 Å². The summed E-state index contributed by atoms with van der Waals surface area (Å²) in [6.45, 7) is 4.62. The van der Waals surface area contributed by atoms with Gasteiger partial charge < -0.3 is 15.6 Å². The number of carbonyl (C=O) groups is 1. The van der Waals surface area contributed by atoms with Gasteiger partial charge in [-0.2, -0.15) is 4.31 Å². The Balaban J connectivity index is 1.70. The molecule has 0 saturated carbocycles. The van der Waals surface area contributed by atoms with Gasteiger partial charge in [0.25, 0.3) is 0 Å². The SMILES string of the molecule is CCN(CC)S(=O)(=O)c1cccc(-c2nnc(SCC(=O)NCc3ccco3)n2N)c1. The lowest BCUT2D eigenvalue weighted by Gasteiger charge is -2.18. The van der Waals surface area contributed by atoms with Gasteiger partial charge in [0, 0.05) is 18.7 Å². The third-order valence-corrected chi connectivity index (χ3v) is 7.46. The minimum Gasteiger partial charge on any atom is -0.467 e. The Kier molecular flexibility index (Phi) is 7.36. The van der Waals surface area contributed by atoms with Crippen LogP contribution in [0.25, 0.3) is 11.4 Å². The Hall–Kier alpha value is -2.83. The van der Waals surface area contributed by atoms with E-state index in [0.29, 0.717) is 41.9 Å². The average Bonchev–Trinajstić information content (AvgIpc) is 3.41. The van der Waals surface area contributed by atoms with Crippen LogP contribution in [0.15, 0.2) is 57.1 Å². The molecule has 0 spiro atoms. The van der Waals surface area contributed by atoms with E-state index >= 15 is 0 Å². The van der Waals surface area contributed by atoms with Gasteiger partial charge in [-0.15, -0.1) is 10.2 Å². The molecular formula is C19H24N6O4S2. The second kappa shape index (κ2) is 9.98. The lowest BCUT2D eigenvalue weighted by molar-refractivity contribution is -0.118. The molecule has 12 heteroatoms. The van der Waals surface area contributed by atoms with Crippen molar-refractivity contribution in [3.63, 3.8) is 0 Å². The van der Waals surface area contributed by atoms with Crippen LogP contribution in [0.2, 0.25) is 0 Å². The molecule has 3 rings (SSSR count). The monoisotopic (exact) mass is 464 g/mol. The second-order valence-electron chi connectivity index (χ2n) is 6.44. The van der Waals surface area contributed by atoms with Gasteiger partial charge in [-0.25, -0.2) is 13.1 Å². The van der Waals surface area contributed by atoms with Gasteiger partial charge >= 0.3 is 0 Å². The van der Waals surface area contributed by atoms with Crippen LogP contribution in [0.3, 0.4) is 0 Å². The summed E-state index contributed by atoms with van der Waals surface area (Å²) in [7, 11) is -3.61. The lowest BCUT2D eigenvalue weighted by atomic mass is 10.2. The van der Waals surface area contributed by atoms with E-state index < -0.39 is 10.0 Å². The summed E-state index contributed by atoms with van der Waals surface area (Å²) >= 11 is 1.12. The highest BCUT2D eigenvalue weighted by atomic mass is 32.2. The van der Waals surface area contributed by atoms with Crippen LogP contribution in [-0.4, -0.2) is 52.3 Å². The van der Waals surface area contributed by atoms with Crippen LogP contribution in [0.4, 0.5) is 0 Å². The van der Waals surface area contributed by atoms with Crippen molar-refractivity contribution in [1.82, 2.24) is 24.5 Å². The van der Waals surface area contributed by atoms with E-state index in [1.165, 1.54) is 27.4 Å². The number of sulfonamides is 1. The maximum atomic E-state index is 12.8. The molecule has 3 aromatic rings. The molecule has 0 aliphatic carbocycles. The molecule has 0 fully saturated rings. The molecule has 0 saturated heterocycles. The van der Waals surface area contributed by atoms with Crippen molar-refractivity contribution in [3.8, 4) is 11.4 Å². The van der Waals surface area contributed by atoms with Gasteiger partial charge in [-0.1, -0.05) is 37.7 Å². The third-order valence-electron chi connectivity index (χ3n) is 4.47. The molecule has 0 unspecified atom stereocenters. The standard InChI is InChI=1S/C19H24N6O4S2/c1-3-24(4-2)31(27,28)16-9-5-7-14(11-16)18-22-23-19(25(18)20)30-13-17(26)21-12-15-8-6-10-29-15/h5-11H,3-4,12-13,20H2,1-2H3,(H,21,26). The number of hydrogen-bond donors (Lipinski definition) is 2. The number of thioether (sulfide) groups is 1. The lowest BCUT2D eigenvalue weighted by Crippen LogP contribution is -2.30. The molecule has 166 valence electrons. The van der Waals surface area contributed by atoms with Crippen molar-refractivity contribution in [2.75, 3.05) is 24.7 Å². The topological polar surface area (TPSA) is 136 Å². The summed E-state index contributed by atoms with van der Waals surface area (Å²) in [6, 6.07) is 9.91. The smallest absolute Gasteiger partial charge is 0.243 e. The van der Waals surface area contributed by atoms with Crippen LogP contribution in [0.1, 0.15) is 19.6 Å². The van der Waals surface area contributed by atoms with Crippen molar-refractivity contribution >= 4 is 27.7 Å². The van der Waals surface area contributed by atoms with Crippen LogP contribution in [-0.2, 0) is 21.4 Å². The Labute approximate surface area is 184 Å². The first-order chi connectivity index (χ1) is 14.9. The quantitative estimate of drug-likeness (QED) is 0.342. The Morgan fingerprint density at radius 1 is 1.23 bits per heavy atom. The number of nitrogens with one attached hydrogen (secondary N) is 1. The van der Waals surface area contributed by atoms with Crippen LogP contribution < -0.4 is 11.2 Å². The van der Waals surface area contributed by atoms with E-state index in [1.54, 1.807) is 38.1 Å². The number of nitrogens with zero attached hydrogens (tertiary/aromatic N) is 4. The van der Waals surface area contributed by atoms with Gasteiger partial charge in [0.2, 0.25) is 21.1 Å². The molecule has 1 aromatic carbocycles. The number of nitrogens with two attached hydrogens (primary N) is 1. The number of benzene rings is 1. The Morgan fingerprint density at radius 3 is 2.68 bits per heavy atom. The summed E-state index contributed by atoms with van der Waals surface area (Å²) in [5, 5.41) is 11.2. The molecule has 0 aliphatic rings. The highest BCUT2D eigenvalue weighted by molar-refractivity contribution is 7.99. The highest BCUT2D eigenvalue weighted by Crippen LogP contribution is 2.25. The Morgan fingerprint density at radius 2 is 2.00 bits per heavy atom. The number of rotatable bonds is 10. The maximum absolute atomic E-state index is 12.8. The van der Waals surface area contributed by atoms with E-state index in [9.17, 15) is 13.2 Å². The third kappa shape index (κ3) is 5.27. The van der Waals surface area contributed by atoms with Crippen LogP contribution in [0, 0.1) is 0 Å². The highest BCUT2D eigenvalue weighted by Gasteiger charge is 2.23. The van der Waals surface area contributed by atoms with Crippen molar-refractivity contribution in [3.05, 3.63) is 48.4 Å². The maximum Gasteiger partial charge on any atom is 0.243 e. The fraction of sp³-hybridized carbons (Fsp3) is 0.316. The van der Waals surface area contributed by atoms with Gasteiger partial charge in [-0.05, 0) is 24.3 Å². The molecule has 0 bridgehead atoms. The first-order valence-corrected chi connectivity index (χ1v) is 12.0. The average molecular weight is 465 g/mol. The molecule has 2 heterocycles. The van der Waals surface area contributed by atoms with E-state index in [4.69, 9.17) is 10.3 Å². The Bertz CT molecular complexity index is 1120. The molecule has 3 N–H and O–H groups in total. The minimum absolute atomic E-state index is 0.0897. The van der Waals surface area contributed by atoms with Crippen molar-refractivity contribution in [2.24, 2.45) is 0 Å². The van der Waals surface area contributed by atoms with E-state index in [2.05, 4.69) is 15.5 Å². The van der Waals surface area contributed by atoms with Crippen molar-refractivity contribution in [1.29, 1.82) is 0 Å². The molecule has 2 aromatic heterocycles. The normalized spacial score (nSPS) is 11.7. The summed E-state index contributed by atoms with van der Waals surface area (Å²) < 4.78 is 33.4. The van der Waals surface area contributed by atoms with Gasteiger partial charge in [0.15, 0.2) is 5.82 Å². The van der Waals surface area contributed by atoms with Crippen molar-refractivity contribution in [2.45, 2.75) is 30.4 Å². The number of amides is 1. The molecule has 31 heavy (non-hydrogen) atoms. The number of aromatic nitrogens is 3. The number of nitrogen functional groups attached to an aromatic ring is 1. The summed E-state index contributed by atoms with van der Waals surface area (Å²) in [5.41, 5.74) is 0.511. The first kappa shape index (κ1) is 22.8.